The van der Waals surface area contributed by atoms with Gasteiger partial charge in [-0.15, -0.1) is 0 Å². The molecular formula is C37H44N2O10S. The summed E-state index contributed by atoms with van der Waals surface area (Å²) in [5.41, 5.74) is 1.78. The third-order valence-corrected chi connectivity index (χ3v) is 12.3. The van der Waals surface area contributed by atoms with Crippen LogP contribution in [0.15, 0.2) is 77.7 Å². The largest absolute Gasteiger partial charge is 0.489 e. The summed E-state index contributed by atoms with van der Waals surface area (Å²) in [4.78, 5) is 12.3. The highest BCUT2D eigenvalue weighted by Crippen LogP contribution is 2.43. The van der Waals surface area contributed by atoms with E-state index >= 15 is 0 Å². The van der Waals surface area contributed by atoms with Crippen LogP contribution in [0.1, 0.15) is 43.2 Å². The number of fused-ring (bicyclic) bond motifs is 2. The van der Waals surface area contributed by atoms with Crippen molar-refractivity contribution in [2.75, 3.05) is 26.6 Å². The summed E-state index contributed by atoms with van der Waals surface area (Å²) < 4.78 is 59.8. The van der Waals surface area contributed by atoms with Crippen LogP contribution in [0.3, 0.4) is 0 Å². The zero-order chi connectivity index (χ0) is 34.7. The van der Waals surface area contributed by atoms with Gasteiger partial charge in [-0.05, 0) is 67.0 Å². The highest BCUT2D eigenvalue weighted by Gasteiger charge is 2.52. The van der Waals surface area contributed by atoms with Crippen molar-refractivity contribution < 1.29 is 47.1 Å². The molecule has 0 radical (unpaired) electrons. The number of sulfonamides is 1. The van der Waals surface area contributed by atoms with Crippen LogP contribution < -0.4 is 19.5 Å². The van der Waals surface area contributed by atoms with Gasteiger partial charge in [0.05, 0.1) is 36.3 Å². The molecule has 3 heterocycles. The van der Waals surface area contributed by atoms with Crippen molar-refractivity contribution in [2.45, 2.75) is 74.5 Å². The van der Waals surface area contributed by atoms with Crippen molar-refractivity contribution in [3.63, 3.8) is 0 Å². The number of aliphatic hydroxyl groups is 1. The summed E-state index contributed by atoms with van der Waals surface area (Å²) in [7, 11) is -4.24. The number of carboxylic acid groups (broad SMARTS) is 1. The Morgan fingerprint density at radius 2 is 1.70 bits per heavy atom. The molecule has 13 heteroatoms. The molecule has 4 aliphatic rings. The van der Waals surface area contributed by atoms with Gasteiger partial charge < -0.3 is 39.2 Å². The number of rotatable bonds is 14. The molecule has 7 rings (SSSR count). The van der Waals surface area contributed by atoms with Crippen LogP contribution in [0.2, 0.25) is 0 Å². The van der Waals surface area contributed by atoms with E-state index in [9.17, 15) is 23.4 Å². The molecular weight excluding hydrogens is 664 g/mol. The number of benzene rings is 3. The molecule has 0 spiro atoms. The first-order valence-electron chi connectivity index (χ1n) is 17.3. The number of hydrogen-bond donors (Lipinski definition) is 3. The van der Waals surface area contributed by atoms with Crippen LogP contribution in [0.4, 0.5) is 4.79 Å². The summed E-state index contributed by atoms with van der Waals surface area (Å²) in [5.74, 6) is 0.903. The average molecular weight is 709 g/mol. The number of hydrogen-bond acceptors (Lipinski definition) is 9. The standard InChI is InChI=1S/C37H44N2O10S/c40-35(31(38-37(41)42)18-24-10-12-27(13-11-24)46-21-26-8-2-1-3-9-26)34(30-22-47-36-29(30)16-17-45-36)39(20-25-6-4-5-7-25)50(43,44)28-14-15-32-33(19-28)49-23-48-32/h1-3,8-15,19,25,29-31,34-36,38,40H,4-7,16-18,20-23H2,(H,41,42)/t29-,30+,31-,34?,35+,36+/m0/s1. The lowest BCUT2D eigenvalue weighted by Gasteiger charge is -2.42. The fourth-order valence-electron chi connectivity index (χ4n) is 7.86. The summed E-state index contributed by atoms with van der Waals surface area (Å²) in [5, 5.41) is 24.9. The summed E-state index contributed by atoms with van der Waals surface area (Å²) in [6.45, 7) is 1.20. The van der Waals surface area contributed by atoms with Crippen LogP contribution in [0, 0.1) is 17.8 Å². The molecule has 50 heavy (non-hydrogen) atoms. The molecule has 1 unspecified atom stereocenters. The minimum atomic E-state index is -4.24. The first-order chi connectivity index (χ1) is 24.3. The summed E-state index contributed by atoms with van der Waals surface area (Å²) >= 11 is 0. The zero-order valence-corrected chi connectivity index (χ0v) is 28.6. The van der Waals surface area contributed by atoms with E-state index in [1.165, 1.54) is 16.4 Å². The van der Waals surface area contributed by atoms with E-state index in [0.717, 1.165) is 36.8 Å². The Bertz CT molecular complexity index is 1720. The lowest BCUT2D eigenvalue weighted by molar-refractivity contribution is -0.0907. The van der Waals surface area contributed by atoms with Crippen molar-refractivity contribution in [3.8, 4) is 17.2 Å². The van der Waals surface area contributed by atoms with Gasteiger partial charge in [0, 0.05) is 24.4 Å². The Balaban J connectivity index is 1.21. The smallest absolute Gasteiger partial charge is 0.404 e. The Morgan fingerprint density at radius 1 is 0.940 bits per heavy atom. The second-order valence-corrected chi connectivity index (χ2v) is 15.5. The molecule has 1 aliphatic carbocycles. The quantitative estimate of drug-likeness (QED) is 0.213. The molecule has 3 fully saturated rings. The molecule has 2 saturated heterocycles. The molecule has 3 aliphatic heterocycles. The van der Waals surface area contributed by atoms with Gasteiger partial charge in [-0.1, -0.05) is 55.3 Å². The lowest BCUT2D eigenvalue weighted by atomic mass is 9.81. The maximum atomic E-state index is 14.8. The van der Waals surface area contributed by atoms with Crippen molar-refractivity contribution in [1.82, 2.24) is 9.62 Å². The number of aliphatic hydroxyl groups excluding tert-OH is 1. The van der Waals surface area contributed by atoms with Gasteiger partial charge in [0.25, 0.3) is 0 Å². The minimum absolute atomic E-state index is 0.00287. The van der Waals surface area contributed by atoms with Gasteiger partial charge >= 0.3 is 6.09 Å². The second-order valence-electron chi connectivity index (χ2n) is 13.6. The van der Waals surface area contributed by atoms with Gasteiger partial charge in [0.15, 0.2) is 17.8 Å². The fourth-order valence-corrected chi connectivity index (χ4v) is 9.63. The van der Waals surface area contributed by atoms with Crippen molar-refractivity contribution in [1.29, 1.82) is 0 Å². The molecule has 3 aromatic carbocycles. The molecule has 0 aromatic heterocycles. The van der Waals surface area contributed by atoms with Gasteiger partial charge in [-0.3, -0.25) is 0 Å². The van der Waals surface area contributed by atoms with E-state index in [-0.39, 0.29) is 43.1 Å². The van der Waals surface area contributed by atoms with Crippen LogP contribution >= 0.6 is 0 Å². The third-order valence-electron chi connectivity index (χ3n) is 10.4. The van der Waals surface area contributed by atoms with Gasteiger partial charge in [-0.25, -0.2) is 13.2 Å². The van der Waals surface area contributed by atoms with E-state index in [0.29, 0.717) is 36.9 Å². The third kappa shape index (κ3) is 7.57. The number of nitrogens with zero attached hydrogens (tertiary/aromatic N) is 1. The molecule has 1 saturated carbocycles. The molecule has 12 nitrogen and oxygen atoms in total. The van der Waals surface area contributed by atoms with Gasteiger partial charge in [-0.2, -0.15) is 4.31 Å². The highest BCUT2D eigenvalue weighted by atomic mass is 32.2. The molecule has 268 valence electrons. The average Bonchev–Trinajstić information content (AvgIpc) is 3.94. The maximum Gasteiger partial charge on any atom is 0.404 e. The van der Waals surface area contributed by atoms with E-state index in [2.05, 4.69) is 5.32 Å². The Labute approximate surface area is 292 Å². The minimum Gasteiger partial charge on any atom is -0.489 e. The summed E-state index contributed by atoms with van der Waals surface area (Å²) in [6, 6.07) is 19.5. The Morgan fingerprint density at radius 3 is 2.46 bits per heavy atom. The molecule has 1 amide bonds. The Kier molecular flexibility index (Phi) is 10.5. The lowest BCUT2D eigenvalue weighted by Crippen LogP contribution is -2.60. The van der Waals surface area contributed by atoms with E-state index in [1.807, 2.05) is 54.6 Å². The van der Waals surface area contributed by atoms with Crippen molar-refractivity contribution >= 4 is 16.1 Å². The van der Waals surface area contributed by atoms with E-state index in [4.69, 9.17) is 23.7 Å². The predicted octanol–water partition coefficient (Wildman–Crippen LogP) is 4.79. The SMILES string of the molecule is O=C(O)N[C@@H](Cc1ccc(OCc2ccccc2)cc1)[C@@H](O)C([C@@H]1CO[C@H]2OCC[C@H]21)N(CC1CCCC1)S(=O)(=O)c1ccc2c(c1)OCO2. The topological polar surface area (TPSA) is 153 Å². The zero-order valence-electron chi connectivity index (χ0n) is 27.8. The van der Waals surface area contributed by atoms with Crippen molar-refractivity contribution in [3.05, 3.63) is 83.9 Å². The number of nitrogens with one attached hydrogen (secondary N) is 1. The van der Waals surface area contributed by atoms with Crippen LogP contribution in [0.25, 0.3) is 0 Å². The first kappa shape index (κ1) is 34.6. The molecule has 3 N–H and O–H groups in total. The fraction of sp³-hybridized carbons (Fsp3) is 0.486. The predicted molar refractivity (Wildman–Crippen MR) is 181 cm³/mol. The number of carbonyl (C=O) groups is 1. The number of amides is 1. The van der Waals surface area contributed by atoms with E-state index < -0.39 is 46.5 Å². The monoisotopic (exact) mass is 708 g/mol. The van der Waals surface area contributed by atoms with Crippen LogP contribution in [-0.2, 0) is 32.5 Å². The second kappa shape index (κ2) is 15.2. The first-order valence-corrected chi connectivity index (χ1v) is 18.8. The van der Waals surface area contributed by atoms with Crippen LogP contribution in [0.5, 0.6) is 17.2 Å². The molecule has 6 atom stereocenters. The Hall–Kier alpha value is -3.88. The van der Waals surface area contributed by atoms with E-state index in [1.54, 1.807) is 6.07 Å². The molecule has 3 aromatic rings. The van der Waals surface area contributed by atoms with Gasteiger partial charge in [0.1, 0.15) is 12.4 Å². The normalized spacial score (nSPS) is 23.4. The molecule has 0 bridgehead atoms. The highest BCUT2D eigenvalue weighted by molar-refractivity contribution is 7.89. The van der Waals surface area contributed by atoms with Gasteiger partial charge in [0.2, 0.25) is 16.8 Å². The van der Waals surface area contributed by atoms with Crippen molar-refractivity contribution in [2.24, 2.45) is 17.8 Å². The number of ether oxygens (including phenoxy) is 5. The maximum absolute atomic E-state index is 14.8. The van der Waals surface area contributed by atoms with Crippen LogP contribution in [-0.4, -0.2) is 80.1 Å². The summed E-state index contributed by atoms with van der Waals surface area (Å²) in [6.07, 6.45) is 1.21.